The second-order valence-corrected chi connectivity index (χ2v) is 7.81. The third kappa shape index (κ3) is 4.01. The van der Waals surface area contributed by atoms with Crippen molar-refractivity contribution in [2.24, 2.45) is 0 Å². The molecule has 176 valence electrons. The Labute approximate surface area is 189 Å². The number of anilines is 1. The minimum atomic E-state index is -3.11. The molecule has 33 heavy (non-hydrogen) atoms. The van der Waals surface area contributed by atoms with Crippen LogP contribution in [0.2, 0.25) is 0 Å². The molecule has 2 aromatic heterocycles. The summed E-state index contributed by atoms with van der Waals surface area (Å²) in [4.78, 5) is 0. The lowest BCUT2D eigenvalue weighted by Crippen LogP contribution is -2.36. The van der Waals surface area contributed by atoms with Gasteiger partial charge in [0, 0.05) is 11.3 Å². The van der Waals surface area contributed by atoms with Crippen LogP contribution in [0.25, 0.3) is 17.3 Å². The monoisotopic (exact) mass is 460 g/mol. The van der Waals surface area contributed by atoms with Crippen LogP contribution in [0.5, 0.6) is 5.75 Å². The molecule has 7 nitrogen and oxygen atoms in total. The van der Waals surface area contributed by atoms with Crippen molar-refractivity contribution < 1.29 is 17.9 Å². The summed E-state index contributed by atoms with van der Waals surface area (Å²) >= 11 is 0. The molecule has 3 heterocycles. The molecule has 0 atom stereocenters. The quantitative estimate of drug-likeness (QED) is 0.577. The molecule has 3 aromatic rings. The summed E-state index contributed by atoms with van der Waals surface area (Å²) in [5, 5.41) is 19.6. The van der Waals surface area contributed by atoms with Crippen LogP contribution in [0.15, 0.2) is 25.4 Å². The molecule has 0 saturated carbocycles. The van der Waals surface area contributed by atoms with Gasteiger partial charge in [0.05, 0.1) is 28.3 Å². The molecule has 0 unspecified atom stereocenters. The molecule has 0 bridgehead atoms. The third-order valence-corrected chi connectivity index (χ3v) is 5.41. The molecule has 4 rings (SSSR count). The van der Waals surface area contributed by atoms with Gasteiger partial charge in [0.2, 0.25) is 0 Å². The fraction of sp³-hybridized carbons (Fsp3) is 0.348. The predicted molar refractivity (Wildman–Crippen MR) is 121 cm³/mol. The number of nitrogens with zero attached hydrogens (tertiary/aromatic N) is 4. The Morgan fingerprint density at radius 2 is 2.00 bits per heavy atom. The normalized spacial score (nSPS) is 15.2. The summed E-state index contributed by atoms with van der Waals surface area (Å²) in [6.07, 6.45) is 3.70. The van der Waals surface area contributed by atoms with Crippen LogP contribution in [0, 0.1) is 12.7 Å². The highest BCUT2D eigenvalue weighted by atomic mass is 19.3. The van der Waals surface area contributed by atoms with Gasteiger partial charge in [-0.15, -0.1) is 23.4 Å². The van der Waals surface area contributed by atoms with Crippen molar-refractivity contribution >= 4 is 17.3 Å². The second-order valence-electron chi connectivity index (χ2n) is 7.81. The number of H-pyrrole nitrogens is 1. The molecule has 2 N–H and O–H groups in total. The first kappa shape index (κ1) is 24.1. The van der Waals surface area contributed by atoms with E-state index in [1.54, 1.807) is 23.8 Å². The minimum absolute atomic E-state index is 0.0355. The zero-order valence-corrected chi connectivity index (χ0v) is 19.3. The molecule has 1 aliphatic heterocycles. The molecule has 0 saturated heterocycles. The lowest BCUT2D eigenvalue weighted by molar-refractivity contribution is -0.0501. The van der Waals surface area contributed by atoms with Crippen molar-refractivity contribution in [1.29, 1.82) is 0 Å². The molecule has 0 amide bonds. The third-order valence-electron chi connectivity index (χ3n) is 5.41. The van der Waals surface area contributed by atoms with Crippen LogP contribution in [-0.2, 0) is 5.54 Å². The largest absolute Gasteiger partial charge is 0.434 e. The van der Waals surface area contributed by atoms with E-state index >= 15 is 4.39 Å². The van der Waals surface area contributed by atoms with Crippen LogP contribution in [-0.4, -0.2) is 31.6 Å². The number of aromatic amines is 1. The molecule has 10 heteroatoms. The Bertz CT molecular complexity index is 1290. The Balaban J connectivity index is 0.00000149. The van der Waals surface area contributed by atoms with Crippen LogP contribution >= 0.6 is 0 Å². The van der Waals surface area contributed by atoms with E-state index in [1.165, 1.54) is 6.07 Å². The van der Waals surface area contributed by atoms with E-state index in [2.05, 4.69) is 38.9 Å². The van der Waals surface area contributed by atoms with Crippen molar-refractivity contribution in [3.63, 3.8) is 0 Å². The second kappa shape index (κ2) is 9.13. The molecule has 1 aliphatic rings. The van der Waals surface area contributed by atoms with Crippen molar-refractivity contribution in [2.45, 2.75) is 53.2 Å². The zero-order valence-electron chi connectivity index (χ0n) is 19.3. The topological polar surface area (TPSA) is 80.7 Å². The van der Waals surface area contributed by atoms with Crippen LogP contribution < -0.4 is 20.6 Å². The number of hydrogen-bond donors (Lipinski definition) is 2. The molecular weight excluding hydrogens is 433 g/mol. The lowest BCUT2D eigenvalue weighted by Gasteiger charge is -2.34. The van der Waals surface area contributed by atoms with Gasteiger partial charge in [-0.2, -0.15) is 13.9 Å². The Morgan fingerprint density at radius 1 is 1.30 bits per heavy atom. The minimum Gasteiger partial charge on any atom is -0.434 e. The van der Waals surface area contributed by atoms with Gasteiger partial charge < -0.3 is 10.1 Å². The number of hydrogen-bond acceptors (Lipinski definition) is 5. The highest BCUT2D eigenvalue weighted by Crippen LogP contribution is 2.44. The van der Waals surface area contributed by atoms with Gasteiger partial charge in [-0.25, -0.2) is 4.39 Å². The van der Waals surface area contributed by atoms with Gasteiger partial charge in [-0.1, -0.05) is 13.0 Å². The molecule has 0 spiro atoms. The number of aromatic nitrogens is 5. The van der Waals surface area contributed by atoms with Gasteiger partial charge in [-0.05, 0) is 39.7 Å². The number of aryl methyl sites for hydroxylation is 1. The van der Waals surface area contributed by atoms with Gasteiger partial charge >= 0.3 is 6.61 Å². The first-order chi connectivity index (χ1) is 15.7. The van der Waals surface area contributed by atoms with Crippen LogP contribution in [0.4, 0.5) is 18.9 Å². The van der Waals surface area contributed by atoms with Gasteiger partial charge in [0.25, 0.3) is 0 Å². The zero-order chi connectivity index (χ0) is 24.5. The van der Waals surface area contributed by atoms with E-state index in [0.29, 0.717) is 39.9 Å². The Kier molecular flexibility index (Phi) is 6.66. The van der Waals surface area contributed by atoms with Crippen molar-refractivity contribution in [2.75, 3.05) is 5.32 Å². The summed E-state index contributed by atoms with van der Waals surface area (Å²) in [5.41, 5.74) is 0.255. The standard InChI is InChI=1S/C21H23F3N6O.C2H4/c1-6-11(12-9-25-28-13(12)7-2)16-15(31-20(23)24)8-14-18(17(16)22)30-10(3)27-29-19(30)21(4,5)26-14;1-2/h7-9,20,26,28H,6H2,1-5H3;1-2H2/b12-11+,13-7+;. The van der Waals surface area contributed by atoms with E-state index in [0.717, 1.165) is 0 Å². The van der Waals surface area contributed by atoms with E-state index in [-0.39, 0.29) is 17.0 Å². The molecule has 0 aliphatic carbocycles. The predicted octanol–water partition coefficient (Wildman–Crippen LogP) is 3.91. The summed E-state index contributed by atoms with van der Waals surface area (Å²) < 4.78 is 49.2. The highest BCUT2D eigenvalue weighted by Gasteiger charge is 2.37. The number of benzene rings is 1. The summed E-state index contributed by atoms with van der Waals surface area (Å²) in [7, 11) is 0. The fourth-order valence-corrected chi connectivity index (χ4v) is 4.09. The maximum atomic E-state index is 16.2. The smallest absolute Gasteiger partial charge is 0.387 e. The number of fused-ring (bicyclic) bond motifs is 3. The lowest BCUT2D eigenvalue weighted by atomic mass is 9.94. The average molecular weight is 461 g/mol. The molecule has 1 aromatic carbocycles. The number of ether oxygens (including phenoxy) is 1. The SMILES string of the molecule is C/C=c1/[nH]nc/c1=C(/CC)c1c(OC(F)F)cc2c(c1F)-n1c(C)nnc1C(C)(C)N2.C=C. The van der Waals surface area contributed by atoms with Gasteiger partial charge in [0.15, 0.2) is 11.6 Å². The van der Waals surface area contributed by atoms with Gasteiger partial charge in [0.1, 0.15) is 17.3 Å². The van der Waals surface area contributed by atoms with Crippen molar-refractivity contribution in [3.05, 3.63) is 59.0 Å². The van der Waals surface area contributed by atoms with E-state index in [1.807, 2.05) is 27.7 Å². The number of rotatable bonds is 4. The van der Waals surface area contributed by atoms with Crippen molar-refractivity contribution in [1.82, 2.24) is 25.0 Å². The van der Waals surface area contributed by atoms with Crippen LogP contribution in [0.3, 0.4) is 0 Å². The molecule has 0 radical (unpaired) electrons. The summed E-state index contributed by atoms with van der Waals surface area (Å²) in [6, 6.07) is 1.41. The highest BCUT2D eigenvalue weighted by molar-refractivity contribution is 5.80. The van der Waals surface area contributed by atoms with E-state index in [9.17, 15) is 8.78 Å². The van der Waals surface area contributed by atoms with Crippen molar-refractivity contribution in [3.8, 4) is 11.4 Å². The maximum Gasteiger partial charge on any atom is 0.387 e. The Morgan fingerprint density at radius 3 is 2.61 bits per heavy atom. The molecule has 0 fully saturated rings. The van der Waals surface area contributed by atoms with Gasteiger partial charge in [-0.3, -0.25) is 9.67 Å². The summed E-state index contributed by atoms with van der Waals surface area (Å²) in [6.45, 7) is 11.9. The fourth-order valence-electron chi connectivity index (χ4n) is 4.09. The summed E-state index contributed by atoms with van der Waals surface area (Å²) in [5.74, 6) is 0.0696. The van der Waals surface area contributed by atoms with E-state index in [4.69, 9.17) is 4.74 Å². The van der Waals surface area contributed by atoms with E-state index < -0.39 is 18.0 Å². The van der Waals surface area contributed by atoms with Crippen LogP contribution in [0.1, 0.15) is 51.3 Å². The number of nitrogens with one attached hydrogen (secondary N) is 2. The molecular formula is C23H27F3N6O. The Hall–Kier alpha value is -3.56. The first-order valence-electron chi connectivity index (χ1n) is 10.4. The first-order valence-corrected chi connectivity index (χ1v) is 10.4. The average Bonchev–Trinajstić information content (AvgIpc) is 3.39. The maximum absolute atomic E-state index is 16.2. The number of halogens is 3. The number of alkyl halides is 2.